The van der Waals surface area contributed by atoms with Crippen LogP contribution in [0.25, 0.3) is 0 Å². The van der Waals surface area contributed by atoms with Crippen molar-refractivity contribution in [2.45, 2.75) is 6.92 Å². The van der Waals surface area contributed by atoms with Crippen LogP contribution >= 0.6 is 15.9 Å². The quantitative estimate of drug-likeness (QED) is 0.882. The second-order valence-electron chi connectivity index (χ2n) is 4.41. The highest BCUT2D eigenvalue weighted by molar-refractivity contribution is 9.10. The Morgan fingerprint density at radius 2 is 1.86 bits per heavy atom. The first-order valence-corrected chi connectivity index (χ1v) is 6.78. The van der Waals surface area contributed by atoms with Gasteiger partial charge in [-0.1, -0.05) is 15.9 Å². The molecule has 1 amide bonds. The molecule has 0 aliphatic carbocycles. The molecule has 4 nitrogen and oxygen atoms in total. The largest absolute Gasteiger partial charge is 0.478 e. The van der Waals surface area contributed by atoms with Crippen molar-refractivity contribution in [1.29, 1.82) is 0 Å². The maximum atomic E-state index is 13.1. The molecule has 6 heteroatoms. The fourth-order valence-electron chi connectivity index (χ4n) is 1.87. The van der Waals surface area contributed by atoms with Gasteiger partial charge in [-0.25, -0.2) is 9.18 Å². The predicted octanol–water partition coefficient (Wildman–Crippen LogP) is 3.85. The summed E-state index contributed by atoms with van der Waals surface area (Å²) in [6.07, 6.45) is 0. The van der Waals surface area contributed by atoms with E-state index in [1.165, 1.54) is 6.07 Å². The van der Waals surface area contributed by atoms with Gasteiger partial charge in [0.15, 0.2) is 0 Å². The van der Waals surface area contributed by atoms with Crippen LogP contribution in [0.4, 0.5) is 10.1 Å². The van der Waals surface area contributed by atoms with Crippen molar-refractivity contribution in [3.63, 3.8) is 0 Å². The molecule has 2 aromatic rings. The number of benzene rings is 2. The standard InChI is InChI=1S/C15H11BrFNO3/c1-8-6-9(16)2-4-11(8)14(19)18-13-5-3-10(17)7-12(13)15(20)21/h2-7H,1H3,(H,18,19)(H,20,21). The second-order valence-corrected chi connectivity index (χ2v) is 5.32. The molecule has 108 valence electrons. The van der Waals surface area contributed by atoms with E-state index in [0.717, 1.165) is 22.2 Å². The summed E-state index contributed by atoms with van der Waals surface area (Å²) in [5.74, 6) is -2.43. The zero-order valence-electron chi connectivity index (χ0n) is 11.0. The molecule has 0 saturated heterocycles. The number of nitrogens with one attached hydrogen (secondary N) is 1. The fourth-order valence-corrected chi connectivity index (χ4v) is 2.35. The van der Waals surface area contributed by atoms with Crippen molar-refractivity contribution < 1.29 is 19.1 Å². The van der Waals surface area contributed by atoms with Crippen molar-refractivity contribution in [2.24, 2.45) is 0 Å². The van der Waals surface area contributed by atoms with Gasteiger partial charge < -0.3 is 10.4 Å². The second kappa shape index (κ2) is 6.05. The minimum atomic E-state index is -1.31. The molecule has 0 bridgehead atoms. The van der Waals surface area contributed by atoms with E-state index in [4.69, 9.17) is 5.11 Å². The molecule has 2 N–H and O–H groups in total. The van der Waals surface area contributed by atoms with Gasteiger partial charge in [0.2, 0.25) is 0 Å². The average Bonchev–Trinajstić information content (AvgIpc) is 2.40. The Bertz CT molecular complexity index is 731. The summed E-state index contributed by atoms with van der Waals surface area (Å²) in [6.45, 7) is 1.77. The summed E-state index contributed by atoms with van der Waals surface area (Å²) in [7, 11) is 0. The molecule has 0 atom stereocenters. The Morgan fingerprint density at radius 3 is 2.48 bits per heavy atom. The molecule has 0 saturated carbocycles. The number of aryl methyl sites for hydroxylation is 1. The van der Waals surface area contributed by atoms with Crippen LogP contribution in [0.2, 0.25) is 0 Å². The minimum absolute atomic E-state index is 0.0521. The van der Waals surface area contributed by atoms with Crippen LogP contribution in [-0.2, 0) is 0 Å². The van der Waals surface area contributed by atoms with Gasteiger partial charge in [-0.05, 0) is 48.9 Å². The van der Waals surface area contributed by atoms with Crippen LogP contribution in [0.5, 0.6) is 0 Å². The number of aromatic carboxylic acids is 1. The molecule has 0 fully saturated rings. The molecular weight excluding hydrogens is 341 g/mol. The van der Waals surface area contributed by atoms with E-state index < -0.39 is 17.7 Å². The van der Waals surface area contributed by atoms with Crippen LogP contribution in [0.3, 0.4) is 0 Å². The molecule has 0 unspecified atom stereocenters. The normalized spacial score (nSPS) is 10.2. The van der Waals surface area contributed by atoms with Crippen molar-refractivity contribution in [3.05, 3.63) is 63.4 Å². The van der Waals surface area contributed by atoms with E-state index in [-0.39, 0.29) is 11.3 Å². The van der Waals surface area contributed by atoms with E-state index in [9.17, 15) is 14.0 Å². The van der Waals surface area contributed by atoms with Gasteiger partial charge in [0.05, 0.1) is 11.3 Å². The Kier molecular flexibility index (Phi) is 4.37. The van der Waals surface area contributed by atoms with E-state index in [1.807, 2.05) is 0 Å². The molecule has 0 aliphatic heterocycles. The number of hydrogen-bond donors (Lipinski definition) is 2. The van der Waals surface area contributed by atoms with Gasteiger partial charge in [-0.15, -0.1) is 0 Å². The summed E-state index contributed by atoms with van der Waals surface area (Å²) >= 11 is 3.30. The highest BCUT2D eigenvalue weighted by Crippen LogP contribution is 2.20. The summed E-state index contributed by atoms with van der Waals surface area (Å²) in [5, 5.41) is 11.5. The first-order valence-electron chi connectivity index (χ1n) is 5.99. The number of carboxylic acids is 1. The number of rotatable bonds is 3. The molecule has 0 spiro atoms. The number of hydrogen-bond acceptors (Lipinski definition) is 2. The molecule has 0 aliphatic rings. The fraction of sp³-hybridized carbons (Fsp3) is 0.0667. The van der Waals surface area contributed by atoms with Crippen LogP contribution in [-0.4, -0.2) is 17.0 Å². The first-order chi connectivity index (χ1) is 9.88. The summed E-state index contributed by atoms with van der Waals surface area (Å²) in [6, 6.07) is 8.30. The van der Waals surface area contributed by atoms with Gasteiger partial charge >= 0.3 is 5.97 Å². The maximum absolute atomic E-state index is 13.1. The van der Waals surface area contributed by atoms with E-state index in [1.54, 1.807) is 25.1 Å². The van der Waals surface area contributed by atoms with Crippen LogP contribution in [0.15, 0.2) is 40.9 Å². The molecule has 2 rings (SSSR count). The minimum Gasteiger partial charge on any atom is -0.478 e. The summed E-state index contributed by atoms with van der Waals surface area (Å²) in [5.41, 5.74) is 0.911. The van der Waals surface area contributed by atoms with Gasteiger partial charge in [0.1, 0.15) is 5.82 Å². The van der Waals surface area contributed by atoms with Crippen molar-refractivity contribution in [3.8, 4) is 0 Å². The SMILES string of the molecule is Cc1cc(Br)ccc1C(=O)Nc1ccc(F)cc1C(=O)O. The number of carboxylic acid groups (broad SMARTS) is 1. The first kappa shape index (κ1) is 15.2. The average molecular weight is 352 g/mol. The van der Waals surface area contributed by atoms with Crippen molar-refractivity contribution in [2.75, 3.05) is 5.32 Å². The van der Waals surface area contributed by atoms with Gasteiger partial charge in [-0.2, -0.15) is 0 Å². The Morgan fingerprint density at radius 1 is 1.14 bits per heavy atom. The molecule has 0 heterocycles. The van der Waals surface area contributed by atoms with E-state index >= 15 is 0 Å². The van der Waals surface area contributed by atoms with Gasteiger partial charge in [0, 0.05) is 10.0 Å². The Labute approximate surface area is 128 Å². The topological polar surface area (TPSA) is 66.4 Å². The van der Waals surface area contributed by atoms with Crippen LogP contribution in [0, 0.1) is 12.7 Å². The number of carbonyl (C=O) groups is 2. The third-order valence-corrected chi connectivity index (χ3v) is 3.39. The third kappa shape index (κ3) is 3.46. The number of amides is 1. The predicted molar refractivity (Wildman–Crippen MR) is 80.2 cm³/mol. The molecule has 0 radical (unpaired) electrons. The lowest BCUT2D eigenvalue weighted by molar-refractivity contribution is 0.0697. The summed E-state index contributed by atoms with van der Waals surface area (Å²) < 4.78 is 13.9. The zero-order chi connectivity index (χ0) is 15.6. The summed E-state index contributed by atoms with van der Waals surface area (Å²) in [4.78, 5) is 23.3. The smallest absolute Gasteiger partial charge is 0.337 e. The molecule has 0 aromatic heterocycles. The highest BCUT2D eigenvalue weighted by atomic mass is 79.9. The van der Waals surface area contributed by atoms with E-state index in [0.29, 0.717) is 5.56 Å². The lowest BCUT2D eigenvalue weighted by Gasteiger charge is -2.10. The molecule has 2 aromatic carbocycles. The zero-order valence-corrected chi connectivity index (χ0v) is 12.6. The van der Waals surface area contributed by atoms with Crippen LogP contribution < -0.4 is 5.32 Å². The monoisotopic (exact) mass is 351 g/mol. The number of carbonyl (C=O) groups excluding carboxylic acids is 1. The Hall–Kier alpha value is -2.21. The van der Waals surface area contributed by atoms with Gasteiger partial charge in [0.25, 0.3) is 5.91 Å². The number of anilines is 1. The molecule has 21 heavy (non-hydrogen) atoms. The van der Waals surface area contributed by atoms with Crippen molar-refractivity contribution >= 4 is 33.5 Å². The maximum Gasteiger partial charge on any atom is 0.337 e. The number of halogens is 2. The lowest BCUT2D eigenvalue weighted by Crippen LogP contribution is -2.16. The Balaban J connectivity index is 2.34. The van der Waals surface area contributed by atoms with E-state index in [2.05, 4.69) is 21.2 Å². The van der Waals surface area contributed by atoms with Crippen LogP contribution in [0.1, 0.15) is 26.3 Å². The highest BCUT2D eigenvalue weighted by Gasteiger charge is 2.15. The third-order valence-electron chi connectivity index (χ3n) is 2.89. The van der Waals surface area contributed by atoms with Gasteiger partial charge in [-0.3, -0.25) is 4.79 Å². The molecular formula is C15H11BrFNO3. The lowest BCUT2D eigenvalue weighted by atomic mass is 10.1. The van der Waals surface area contributed by atoms with Crippen molar-refractivity contribution in [1.82, 2.24) is 0 Å².